The third-order valence-corrected chi connectivity index (χ3v) is 11.2. The molecule has 1 fully saturated rings. The van der Waals surface area contributed by atoms with Gasteiger partial charge in [-0.05, 0) is 84.1 Å². The first-order valence-electron chi connectivity index (χ1n) is 18.4. The summed E-state index contributed by atoms with van der Waals surface area (Å²) in [6.45, 7) is 4.59. The molecule has 284 valence electrons. The number of nitrogens with zero attached hydrogens (tertiary/aromatic N) is 6. The van der Waals surface area contributed by atoms with Gasteiger partial charge in [0.15, 0.2) is 0 Å². The van der Waals surface area contributed by atoms with Gasteiger partial charge in [-0.25, -0.2) is 13.8 Å². The number of hydrogen-bond acceptors (Lipinski definition) is 7. The van der Waals surface area contributed by atoms with Gasteiger partial charge in [-0.15, -0.1) is 0 Å². The van der Waals surface area contributed by atoms with Crippen LogP contribution in [0.1, 0.15) is 49.5 Å². The van der Waals surface area contributed by atoms with Crippen molar-refractivity contribution in [3.05, 3.63) is 124 Å². The lowest BCUT2D eigenvalue weighted by Crippen LogP contribution is -2.52. The molecule has 0 bridgehead atoms. The average Bonchev–Trinajstić information content (AvgIpc) is 3.74. The molecule has 0 saturated carbocycles. The van der Waals surface area contributed by atoms with Crippen molar-refractivity contribution in [3.8, 4) is 17.0 Å². The molecule has 1 saturated heterocycles. The molecule has 3 aliphatic rings. The summed E-state index contributed by atoms with van der Waals surface area (Å²) in [5.41, 5.74) is 4.04. The van der Waals surface area contributed by atoms with Crippen molar-refractivity contribution in [2.75, 3.05) is 56.2 Å². The van der Waals surface area contributed by atoms with E-state index in [2.05, 4.69) is 16.0 Å². The summed E-state index contributed by atoms with van der Waals surface area (Å²) in [5, 5.41) is 10.4. The molecule has 3 aliphatic heterocycles. The van der Waals surface area contributed by atoms with Gasteiger partial charge in [0.2, 0.25) is 0 Å². The summed E-state index contributed by atoms with van der Waals surface area (Å²) in [5.74, 6) is -0.196. The van der Waals surface area contributed by atoms with E-state index >= 15 is 8.78 Å². The second kappa shape index (κ2) is 15.1. The molecular formula is C42H41ClF2N6O4. The van der Waals surface area contributed by atoms with Crippen molar-refractivity contribution >= 4 is 40.6 Å². The fourth-order valence-corrected chi connectivity index (χ4v) is 8.26. The lowest BCUT2D eigenvalue weighted by molar-refractivity contribution is 0.0193. The molecule has 0 radical (unpaired) electrons. The molecule has 0 aliphatic carbocycles. The van der Waals surface area contributed by atoms with E-state index in [9.17, 15) is 14.7 Å². The number of halogens is 3. The molecule has 2 aromatic heterocycles. The average molecular weight is 767 g/mol. The summed E-state index contributed by atoms with van der Waals surface area (Å²) >= 11 is 6.58. The number of likely N-dealkylation sites (N-methyl/N-ethyl adjacent to an activating group) is 1. The number of phenols is 1. The molecule has 3 aromatic carbocycles. The Labute approximate surface area is 323 Å². The van der Waals surface area contributed by atoms with Crippen LogP contribution in [0.15, 0.2) is 85.1 Å². The Balaban J connectivity index is 1.21. The van der Waals surface area contributed by atoms with Crippen LogP contribution in [0.5, 0.6) is 5.75 Å². The molecule has 5 heterocycles. The quantitative estimate of drug-likeness (QED) is 0.178. The summed E-state index contributed by atoms with van der Waals surface area (Å²) in [7, 11) is 3.41. The minimum Gasteiger partial charge on any atom is -0.508 e. The summed E-state index contributed by atoms with van der Waals surface area (Å²) in [6, 6.07) is 22.1. The fourth-order valence-electron chi connectivity index (χ4n) is 8.09. The van der Waals surface area contributed by atoms with Gasteiger partial charge < -0.3 is 24.2 Å². The third kappa shape index (κ3) is 7.05. The Morgan fingerprint density at radius 3 is 2.42 bits per heavy atom. The van der Waals surface area contributed by atoms with E-state index in [0.29, 0.717) is 66.7 Å². The Morgan fingerprint density at radius 2 is 1.67 bits per heavy atom. The normalized spacial score (nSPS) is 17.0. The summed E-state index contributed by atoms with van der Waals surface area (Å²) < 4.78 is 37.3. The lowest BCUT2D eigenvalue weighted by atomic mass is 9.92. The molecule has 0 spiro atoms. The van der Waals surface area contributed by atoms with Gasteiger partial charge in [-0.2, -0.15) is 0 Å². The maximum atomic E-state index is 15.2. The van der Waals surface area contributed by atoms with E-state index < -0.39 is 18.0 Å². The molecule has 2 amide bonds. The fraction of sp³-hybridized carbons (Fsp3) is 0.310. The zero-order valence-corrected chi connectivity index (χ0v) is 31.3. The molecule has 0 unspecified atom stereocenters. The maximum absolute atomic E-state index is 15.2. The Morgan fingerprint density at radius 1 is 0.927 bits per heavy atom. The molecule has 13 heteroatoms. The minimum absolute atomic E-state index is 0.0114. The number of ether oxygens (including phenoxy) is 1. The van der Waals surface area contributed by atoms with Crippen LogP contribution in [0.4, 0.5) is 26.0 Å². The first kappa shape index (κ1) is 36.7. The molecule has 55 heavy (non-hydrogen) atoms. The zero-order valence-electron chi connectivity index (χ0n) is 30.6. The number of morpholine rings is 1. The number of fused-ring (bicyclic) bond motifs is 2. The number of aromatic nitrogens is 2. The SMILES string of the molecule is CN1CCc2cc(N(C(=O)c3cc(-c4cc(Cl)ccc4C(=O)N4Cc5ccccc5C[C@H]4CN4CCOCC4)n(C)c3C(F)F)c3ccc(O)cc3)cnc21. The number of carbonyl (C=O) groups excluding carboxylic acids is 2. The number of hydrogen-bond donors (Lipinski definition) is 1. The highest BCUT2D eigenvalue weighted by molar-refractivity contribution is 6.31. The number of phenolic OH excluding ortho intramolecular Hbond substituents is 1. The predicted molar refractivity (Wildman–Crippen MR) is 208 cm³/mol. The van der Waals surface area contributed by atoms with E-state index in [-0.39, 0.29) is 29.0 Å². The van der Waals surface area contributed by atoms with E-state index in [4.69, 9.17) is 16.3 Å². The highest BCUT2D eigenvalue weighted by Gasteiger charge is 2.36. The number of benzene rings is 3. The molecular weight excluding hydrogens is 726 g/mol. The number of alkyl halides is 2. The van der Waals surface area contributed by atoms with Crippen LogP contribution >= 0.6 is 11.6 Å². The van der Waals surface area contributed by atoms with Gasteiger partial charge in [0.1, 0.15) is 11.6 Å². The number of carbonyl (C=O) groups is 2. The molecule has 8 rings (SSSR count). The van der Waals surface area contributed by atoms with Crippen LogP contribution in [-0.4, -0.2) is 88.8 Å². The second-order valence-electron chi connectivity index (χ2n) is 14.4. The molecule has 5 aromatic rings. The van der Waals surface area contributed by atoms with E-state index in [1.165, 1.54) is 40.3 Å². The number of amides is 2. The van der Waals surface area contributed by atoms with Crippen molar-refractivity contribution in [2.45, 2.75) is 31.9 Å². The van der Waals surface area contributed by atoms with Gasteiger partial charge in [0.05, 0.1) is 36.4 Å². The Kier molecular flexibility index (Phi) is 10.1. The molecule has 1 atom stereocenters. The highest BCUT2D eigenvalue weighted by atomic mass is 35.5. The molecule has 1 N–H and O–H groups in total. The minimum atomic E-state index is -3.04. The van der Waals surface area contributed by atoms with Crippen LogP contribution in [0.25, 0.3) is 11.3 Å². The summed E-state index contributed by atoms with van der Waals surface area (Å²) in [4.78, 5) is 41.7. The Bertz CT molecular complexity index is 2260. The van der Waals surface area contributed by atoms with Gasteiger partial charge in [-0.3, -0.25) is 19.4 Å². The van der Waals surface area contributed by atoms with Crippen molar-refractivity contribution in [2.24, 2.45) is 7.05 Å². The van der Waals surface area contributed by atoms with Crippen molar-refractivity contribution in [1.82, 2.24) is 19.4 Å². The first-order valence-corrected chi connectivity index (χ1v) is 18.7. The van der Waals surface area contributed by atoms with Crippen molar-refractivity contribution in [3.63, 3.8) is 0 Å². The topological polar surface area (TPSA) is 94.4 Å². The van der Waals surface area contributed by atoms with Crippen LogP contribution < -0.4 is 9.80 Å². The van der Waals surface area contributed by atoms with Gasteiger partial charge in [0.25, 0.3) is 18.2 Å². The van der Waals surface area contributed by atoms with Crippen LogP contribution in [0, 0.1) is 0 Å². The van der Waals surface area contributed by atoms with Gasteiger partial charge in [-0.1, -0.05) is 35.9 Å². The van der Waals surface area contributed by atoms with Gasteiger partial charge in [0, 0.05) is 80.4 Å². The predicted octanol–water partition coefficient (Wildman–Crippen LogP) is 7.25. The largest absolute Gasteiger partial charge is 0.508 e. The van der Waals surface area contributed by atoms with E-state index in [1.807, 2.05) is 41.1 Å². The van der Waals surface area contributed by atoms with Crippen LogP contribution in [0.3, 0.4) is 0 Å². The zero-order chi connectivity index (χ0) is 38.4. The lowest BCUT2D eigenvalue weighted by Gasteiger charge is -2.40. The summed E-state index contributed by atoms with van der Waals surface area (Å²) in [6.07, 6.45) is -0.110. The van der Waals surface area contributed by atoms with E-state index in [0.717, 1.165) is 36.6 Å². The first-order chi connectivity index (χ1) is 26.6. The van der Waals surface area contributed by atoms with Crippen LogP contribution in [0.2, 0.25) is 5.02 Å². The number of rotatable bonds is 8. The Hall–Kier alpha value is -5.30. The monoisotopic (exact) mass is 766 g/mol. The van der Waals surface area contributed by atoms with Crippen LogP contribution in [-0.2, 0) is 31.2 Å². The third-order valence-electron chi connectivity index (χ3n) is 11.0. The number of anilines is 3. The van der Waals surface area contributed by atoms with E-state index in [1.54, 1.807) is 36.5 Å². The maximum Gasteiger partial charge on any atom is 0.279 e. The van der Waals surface area contributed by atoms with Crippen molar-refractivity contribution < 1.29 is 28.2 Å². The number of aromatic hydroxyl groups is 1. The number of pyridine rings is 1. The van der Waals surface area contributed by atoms with Crippen molar-refractivity contribution in [1.29, 1.82) is 0 Å². The standard InChI is InChI=1S/C42H41ClF2N6O4/c1-47-14-13-27-20-31(23-46-40(27)47)51(30-8-10-33(52)11-9-30)42(54)36-22-37(48(2)38(36)39(44)45)35-21-29(43)7-12-34(35)41(53)50-24-28-6-4-3-5-26(28)19-32(50)25-49-15-17-55-18-16-49/h3-12,20-23,32,39,52H,13-19,24-25H2,1-2H3/t32-/m0/s1. The highest BCUT2D eigenvalue weighted by Crippen LogP contribution is 2.39. The second-order valence-corrected chi connectivity index (χ2v) is 14.8. The molecule has 10 nitrogen and oxygen atoms in total. The van der Waals surface area contributed by atoms with Gasteiger partial charge >= 0.3 is 0 Å². The smallest absolute Gasteiger partial charge is 0.279 e.